The van der Waals surface area contributed by atoms with E-state index < -0.39 is 94.6 Å². The van der Waals surface area contributed by atoms with Gasteiger partial charge in [0.25, 0.3) is 17.2 Å². The Hall–Kier alpha value is -6.96. The van der Waals surface area contributed by atoms with Crippen LogP contribution in [0.1, 0.15) is 112 Å². The Morgan fingerprint density at radius 2 is 1.65 bits per heavy atom. The summed E-state index contributed by atoms with van der Waals surface area (Å²) in [5.41, 5.74) is 5.33. The second-order valence-electron chi connectivity index (χ2n) is 21.0. The maximum atomic E-state index is 16.1. The number of carbonyl (C=O) groups excluding carboxylic acids is 3. The maximum absolute atomic E-state index is 16.1. The molecule has 9 rings (SSSR count). The summed E-state index contributed by atoms with van der Waals surface area (Å²) >= 11 is 0. The molecular formula is C56H68FN5O13. The van der Waals surface area contributed by atoms with Gasteiger partial charge < -0.3 is 60.1 Å². The number of anilines is 2. The Bertz CT molecular complexity index is 3160. The molecule has 19 heteroatoms. The zero-order chi connectivity index (χ0) is 54.7. The number of benzene rings is 2. The van der Waals surface area contributed by atoms with Crippen LogP contribution >= 0.6 is 0 Å². The fourth-order valence-corrected chi connectivity index (χ4v) is 11.0. The first-order chi connectivity index (χ1) is 35.4. The maximum Gasteiger partial charge on any atom is 0.312 e. The van der Waals surface area contributed by atoms with Crippen molar-refractivity contribution < 1.29 is 63.3 Å². The number of aryl methyl sites for hydroxylation is 2. The number of hydrogen-bond donors (Lipinski definition) is 7. The van der Waals surface area contributed by atoms with E-state index in [1.165, 1.54) is 63.8 Å². The summed E-state index contributed by atoms with van der Waals surface area (Å²) < 4.78 is 41.3. The number of nitrogens with zero attached hydrogens (tertiary/aromatic N) is 3. The highest BCUT2D eigenvalue weighted by Crippen LogP contribution is 2.55. The van der Waals surface area contributed by atoms with Crippen LogP contribution in [0.2, 0.25) is 0 Å². The van der Waals surface area contributed by atoms with Crippen LogP contribution in [-0.4, -0.2) is 110 Å². The Morgan fingerprint density at radius 3 is 2.32 bits per heavy atom. The molecule has 1 saturated carbocycles. The molecule has 4 aliphatic heterocycles. The van der Waals surface area contributed by atoms with Crippen molar-refractivity contribution in [3.8, 4) is 23.0 Å². The zero-order valence-corrected chi connectivity index (χ0v) is 44.1. The number of halogens is 1. The third-order valence-corrected chi connectivity index (χ3v) is 15.6. The van der Waals surface area contributed by atoms with Gasteiger partial charge in [-0.05, 0) is 76.1 Å². The van der Waals surface area contributed by atoms with E-state index in [1.807, 2.05) is 17.9 Å². The lowest BCUT2D eigenvalue weighted by molar-refractivity contribution is -0.160. The number of Topliss-reactive ketones (excluding diaryl/α,β-unsaturated/α-hetero) is 1. The molecule has 7 N–H and O–H groups in total. The number of amides is 1. The molecule has 402 valence electrons. The Balaban J connectivity index is 1.19. The molecule has 1 amide bonds. The normalized spacial score (nSPS) is 29.3. The number of ketones is 1. The summed E-state index contributed by atoms with van der Waals surface area (Å²) in [5, 5.41) is 65.8. The third kappa shape index (κ3) is 9.92. The third-order valence-electron chi connectivity index (χ3n) is 15.6. The second kappa shape index (κ2) is 21.0. The van der Waals surface area contributed by atoms with Crippen LogP contribution in [0.4, 0.5) is 15.8 Å². The molecule has 2 aromatic heterocycles. The number of allylic oxidation sites excluding steroid dienone is 2. The number of fused-ring (bicyclic) bond motifs is 15. The van der Waals surface area contributed by atoms with Crippen LogP contribution in [0.3, 0.4) is 0 Å². The monoisotopic (exact) mass is 1040 g/mol. The molecule has 0 spiro atoms. The van der Waals surface area contributed by atoms with Gasteiger partial charge in [-0.1, -0.05) is 45.9 Å². The highest BCUT2D eigenvalue weighted by Gasteiger charge is 2.50. The number of hydrazone groups is 1. The molecule has 1 unspecified atom stereocenters. The lowest BCUT2D eigenvalue weighted by atomic mass is 9.78. The number of carbonyl (C=O) groups is 3. The minimum Gasteiger partial charge on any atom is -0.507 e. The van der Waals surface area contributed by atoms with Crippen LogP contribution in [0.5, 0.6) is 23.0 Å². The second-order valence-corrected chi connectivity index (χ2v) is 21.0. The van der Waals surface area contributed by atoms with Gasteiger partial charge in [-0.25, -0.2) is 4.39 Å². The number of nitrogens with one attached hydrogen (secondary N) is 2. The van der Waals surface area contributed by atoms with E-state index in [9.17, 15) is 44.7 Å². The van der Waals surface area contributed by atoms with Crippen molar-refractivity contribution >= 4 is 51.5 Å². The summed E-state index contributed by atoms with van der Waals surface area (Å²) in [6, 6.07) is 1.54. The molecule has 0 radical (unpaired) electrons. The first kappa shape index (κ1) is 54.3. The van der Waals surface area contributed by atoms with Gasteiger partial charge in [0.2, 0.25) is 0 Å². The van der Waals surface area contributed by atoms with E-state index in [4.69, 9.17) is 18.9 Å². The molecule has 6 heterocycles. The van der Waals surface area contributed by atoms with Crippen molar-refractivity contribution in [3.63, 3.8) is 0 Å². The number of methoxy groups -OCH3 is 1. The van der Waals surface area contributed by atoms with E-state index >= 15 is 4.39 Å². The summed E-state index contributed by atoms with van der Waals surface area (Å²) in [4.78, 5) is 56.2. The Morgan fingerprint density at radius 1 is 0.947 bits per heavy atom. The van der Waals surface area contributed by atoms with Crippen molar-refractivity contribution in [2.75, 3.05) is 30.4 Å². The minimum absolute atomic E-state index is 0.00413. The molecule has 5 aliphatic rings. The summed E-state index contributed by atoms with van der Waals surface area (Å²) in [7, 11) is 1.42. The zero-order valence-electron chi connectivity index (χ0n) is 44.1. The van der Waals surface area contributed by atoms with Gasteiger partial charge in [0.15, 0.2) is 11.6 Å². The van der Waals surface area contributed by atoms with Crippen LogP contribution in [0.25, 0.3) is 16.3 Å². The van der Waals surface area contributed by atoms with Gasteiger partial charge in [0.05, 0.1) is 76.4 Å². The summed E-state index contributed by atoms with van der Waals surface area (Å²) in [6.45, 7) is 16.6. The first-order valence-electron chi connectivity index (χ1n) is 25.4. The highest BCUT2D eigenvalue weighted by atomic mass is 19.1. The molecule has 75 heavy (non-hydrogen) atoms. The molecular weight excluding hydrogens is 970 g/mol. The van der Waals surface area contributed by atoms with E-state index in [2.05, 4.69) is 15.8 Å². The van der Waals surface area contributed by atoms with Gasteiger partial charge in [-0.15, -0.1) is 0 Å². The number of phenolic OH excluding ortho intramolecular Hbond substituents is 3. The molecule has 18 nitrogen and oxygen atoms in total. The van der Waals surface area contributed by atoms with E-state index in [0.717, 1.165) is 24.6 Å². The molecule has 10 atom stereocenters. The molecule has 2 aromatic carbocycles. The van der Waals surface area contributed by atoms with Gasteiger partial charge in [0, 0.05) is 79.8 Å². The predicted octanol–water partition coefficient (Wildman–Crippen LogP) is 7.20. The number of hydrogen-bond acceptors (Lipinski definition) is 16. The van der Waals surface area contributed by atoms with Crippen LogP contribution in [0.15, 0.2) is 58.3 Å². The topological polar surface area (TPSA) is 250 Å². The lowest BCUT2D eigenvalue weighted by Crippen LogP contribution is -2.46. The van der Waals surface area contributed by atoms with Gasteiger partial charge >= 0.3 is 11.8 Å². The number of aromatic hydroxyl groups is 3. The average molecular weight is 1040 g/mol. The fraction of sp³-hybridized carbons (Fsp3) is 0.482. The lowest BCUT2D eigenvalue weighted by Gasteiger charge is -2.38. The molecule has 5 bridgehead atoms. The predicted molar refractivity (Wildman–Crippen MR) is 280 cm³/mol. The molecule has 4 aromatic rings. The fourth-order valence-electron chi connectivity index (χ4n) is 11.0. The number of pyridine rings is 2. The smallest absolute Gasteiger partial charge is 0.312 e. The number of aliphatic hydroxyl groups excluding tert-OH is 2. The molecule has 1 aliphatic carbocycles. The van der Waals surface area contributed by atoms with E-state index in [1.54, 1.807) is 46.8 Å². The van der Waals surface area contributed by atoms with Crippen LogP contribution in [-0.2, 0) is 23.8 Å². The van der Waals surface area contributed by atoms with Crippen molar-refractivity contribution in [1.29, 1.82) is 0 Å². The van der Waals surface area contributed by atoms with Crippen LogP contribution in [0, 0.1) is 50.3 Å². The summed E-state index contributed by atoms with van der Waals surface area (Å²) in [5.74, 6) is -9.29. The number of aromatic nitrogens is 1. The quantitative estimate of drug-likeness (QED) is 0.0318. The number of ether oxygens (including phenoxy) is 4. The summed E-state index contributed by atoms with van der Waals surface area (Å²) in [6.07, 6.45) is 8.17. The number of aliphatic hydroxyl groups is 2. The number of rotatable bonds is 7. The standard InChI is InChI=1S/C56H68FN5O13/c1-25-13-12-14-26(2)54(70)59-43-37(22-58-60-35-17-19-61(23-35)45-29(5)44-36(34-15-16-34)21-27(3)55(71)62(44)24-38(45)57)49(67)40-41(50(43)68)48(66)32(8)52-42(40)53(69)56(10,75-52)73-20-18-39(72-11)28(4)51(74-33(9)63)31(7)47(65)30(6)46(25)64/h12-14,18,20-22,24-25,28,30-31,34-35,39,46-47,51,60,64-68H,15-17,19,23H2,1-11H3,(H,59,70)/b13-12+,20-18+,26-14-,58-22+/t25-,28+,30+,31+,35?,39-,46-,47+,51+,56-/m0/s1. The van der Waals surface area contributed by atoms with Gasteiger partial charge in [-0.3, -0.25) is 23.6 Å². The highest BCUT2D eigenvalue weighted by molar-refractivity contribution is 6.24. The molecule has 2 fully saturated rings. The average Bonchev–Trinajstić information content (AvgIpc) is 4.06. The van der Waals surface area contributed by atoms with E-state index in [-0.39, 0.29) is 56.1 Å². The van der Waals surface area contributed by atoms with Crippen molar-refractivity contribution in [3.05, 3.63) is 98.0 Å². The number of esters is 1. The largest absolute Gasteiger partial charge is 0.507 e. The SMILES string of the molecule is CO[C@H]1/C=C/O[C@@]2(C)Oc3c(C)c(O)c4c(O)c(c(/C=N/NC5CCN(c6c(F)cn7c(=O)c(C)cc(C8CC8)c7c6C)C5)c(O)c4c3C2=O)NC(=O)/C(C)=C\C=C\[C@H](C)[C@H](O)[C@@H](C)[C@@H](O)[C@@H](C)[C@H](OC(C)=O)[C@@H]1C. The Labute approximate surface area is 434 Å². The van der Waals surface area contributed by atoms with Gasteiger partial charge in [-0.2, -0.15) is 5.10 Å². The van der Waals surface area contributed by atoms with Gasteiger partial charge in [0.1, 0.15) is 23.4 Å². The van der Waals surface area contributed by atoms with Crippen LogP contribution < -0.4 is 25.9 Å². The first-order valence-corrected chi connectivity index (χ1v) is 25.4. The minimum atomic E-state index is -2.12. The molecule has 1 saturated heterocycles. The van der Waals surface area contributed by atoms with Crippen molar-refractivity contribution in [1.82, 2.24) is 9.83 Å². The van der Waals surface area contributed by atoms with E-state index in [0.29, 0.717) is 47.8 Å². The van der Waals surface area contributed by atoms with Crippen molar-refractivity contribution in [2.45, 2.75) is 131 Å². The number of phenols is 3. The van der Waals surface area contributed by atoms with Crippen molar-refractivity contribution in [2.24, 2.45) is 28.8 Å². The Kier molecular flexibility index (Phi) is 15.2.